The van der Waals surface area contributed by atoms with Crippen molar-refractivity contribution in [1.82, 2.24) is 10.2 Å². The molecule has 0 aliphatic rings. The van der Waals surface area contributed by atoms with E-state index in [9.17, 15) is 18.0 Å². The van der Waals surface area contributed by atoms with Crippen LogP contribution in [-0.4, -0.2) is 25.6 Å². The number of hydrogen-bond donors (Lipinski definition) is 4. The zero-order valence-corrected chi connectivity index (χ0v) is 14.6. The topological polar surface area (TPSA) is 125 Å². The lowest BCUT2D eigenvalue weighted by Gasteiger charge is -2.09. The van der Waals surface area contributed by atoms with Crippen LogP contribution in [0.4, 0.5) is 10.5 Å². The first kappa shape index (κ1) is 19.2. The van der Waals surface area contributed by atoms with Gasteiger partial charge >= 0.3 is 6.03 Å². The Balaban J connectivity index is 2.00. The minimum Gasteiger partial charge on any atom is -0.307 e. The van der Waals surface area contributed by atoms with Crippen molar-refractivity contribution in [2.24, 2.45) is 0 Å². The maximum absolute atomic E-state index is 12.1. The number of rotatable bonds is 5. The molecule has 0 atom stereocenters. The van der Waals surface area contributed by atoms with E-state index in [1.807, 2.05) is 11.6 Å². The fraction of sp³-hybridized carbons (Fsp3) is 0.0588. The van der Waals surface area contributed by atoms with Crippen LogP contribution >= 0.6 is 0 Å². The molecule has 136 valence electrons. The second-order valence-corrected chi connectivity index (χ2v) is 6.99. The van der Waals surface area contributed by atoms with Crippen molar-refractivity contribution < 1.29 is 23.2 Å². The predicted molar refractivity (Wildman–Crippen MR) is 95.9 cm³/mol. The van der Waals surface area contributed by atoms with Gasteiger partial charge in [0.15, 0.2) is 0 Å². The summed E-state index contributed by atoms with van der Waals surface area (Å²) in [6.45, 7) is 1.83. The van der Waals surface area contributed by atoms with Crippen LogP contribution in [0.5, 0.6) is 0 Å². The van der Waals surface area contributed by atoms with Gasteiger partial charge in [-0.15, -0.1) is 0 Å². The molecule has 0 saturated heterocycles. The van der Waals surface area contributed by atoms with Crippen LogP contribution in [-0.2, 0) is 14.8 Å². The summed E-state index contributed by atoms with van der Waals surface area (Å²) in [6.07, 6.45) is 2.58. The number of aryl methyl sites for hydroxylation is 1. The van der Waals surface area contributed by atoms with Gasteiger partial charge in [-0.1, -0.05) is 29.8 Å². The molecule has 2 rings (SSSR count). The fourth-order valence-electron chi connectivity index (χ4n) is 1.94. The lowest BCUT2D eigenvalue weighted by atomic mass is 10.2. The Morgan fingerprint density at radius 3 is 2.19 bits per heavy atom. The van der Waals surface area contributed by atoms with Gasteiger partial charge < -0.3 is 5.32 Å². The largest absolute Gasteiger partial charge is 0.333 e. The number of nitrogens with one attached hydrogen (secondary N) is 3. The molecule has 0 unspecified atom stereocenters. The SMILES string of the molecule is Cc1ccc(S(=O)(=O)NC(=O)Nc2ccc(/C=C/C(=O)NO)cc2)cc1. The van der Waals surface area contributed by atoms with Crippen LogP contribution in [0.2, 0.25) is 0 Å². The van der Waals surface area contributed by atoms with E-state index in [2.05, 4.69) is 5.32 Å². The van der Waals surface area contributed by atoms with E-state index >= 15 is 0 Å². The highest BCUT2D eigenvalue weighted by Gasteiger charge is 2.17. The number of carbonyl (C=O) groups excluding carboxylic acids is 2. The van der Waals surface area contributed by atoms with Crippen LogP contribution in [0.1, 0.15) is 11.1 Å². The zero-order chi connectivity index (χ0) is 19.2. The summed E-state index contributed by atoms with van der Waals surface area (Å²) in [4.78, 5) is 22.8. The van der Waals surface area contributed by atoms with E-state index in [0.717, 1.165) is 11.6 Å². The highest BCUT2D eigenvalue weighted by atomic mass is 32.2. The molecule has 0 aliphatic heterocycles. The van der Waals surface area contributed by atoms with Gasteiger partial charge in [-0.25, -0.2) is 23.4 Å². The average Bonchev–Trinajstić information content (AvgIpc) is 2.60. The minimum atomic E-state index is -3.97. The summed E-state index contributed by atoms with van der Waals surface area (Å²) in [7, 11) is -3.97. The average molecular weight is 375 g/mol. The predicted octanol–water partition coefficient (Wildman–Crippen LogP) is 2.02. The Bertz CT molecular complexity index is 920. The Morgan fingerprint density at radius 1 is 1.00 bits per heavy atom. The molecule has 0 fully saturated rings. The van der Waals surface area contributed by atoms with Gasteiger partial charge in [-0.2, -0.15) is 0 Å². The molecule has 26 heavy (non-hydrogen) atoms. The van der Waals surface area contributed by atoms with Crippen molar-refractivity contribution in [2.45, 2.75) is 11.8 Å². The molecule has 0 aliphatic carbocycles. The van der Waals surface area contributed by atoms with Gasteiger partial charge in [-0.05, 0) is 42.8 Å². The summed E-state index contributed by atoms with van der Waals surface area (Å²) in [5, 5.41) is 10.8. The van der Waals surface area contributed by atoms with Crippen LogP contribution in [0.15, 0.2) is 59.5 Å². The molecule has 0 heterocycles. The van der Waals surface area contributed by atoms with E-state index in [0.29, 0.717) is 11.3 Å². The number of hydrogen-bond acceptors (Lipinski definition) is 5. The van der Waals surface area contributed by atoms with E-state index < -0.39 is 22.0 Å². The first-order valence-electron chi connectivity index (χ1n) is 7.43. The number of hydroxylamine groups is 1. The molecule has 2 aromatic rings. The van der Waals surface area contributed by atoms with Gasteiger partial charge in [0.1, 0.15) is 0 Å². The van der Waals surface area contributed by atoms with E-state index in [-0.39, 0.29) is 4.90 Å². The number of amides is 3. The minimum absolute atomic E-state index is 0.0131. The summed E-state index contributed by atoms with van der Waals surface area (Å²) >= 11 is 0. The van der Waals surface area contributed by atoms with Gasteiger partial charge in [0.25, 0.3) is 15.9 Å². The quantitative estimate of drug-likeness (QED) is 0.361. The van der Waals surface area contributed by atoms with Gasteiger partial charge in [0.05, 0.1) is 4.90 Å². The number of benzene rings is 2. The fourth-order valence-corrected chi connectivity index (χ4v) is 2.85. The third-order valence-corrected chi connectivity index (χ3v) is 4.61. The smallest absolute Gasteiger partial charge is 0.307 e. The number of urea groups is 1. The Hall–Kier alpha value is -3.17. The van der Waals surface area contributed by atoms with Gasteiger partial charge in [0, 0.05) is 11.8 Å². The van der Waals surface area contributed by atoms with Gasteiger partial charge in [-0.3, -0.25) is 10.0 Å². The Kier molecular flexibility index (Phi) is 6.10. The van der Waals surface area contributed by atoms with Crippen molar-refractivity contribution in [1.29, 1.82) is 0 Å². The Morgan fingerprint density at radius 2 is 1.62 bits per heavy atom. The molecular weight excluding hydrogens is 358 g/mol. The van der Waals surface area contributed by atoms with Crippen LogP contribution in [0, 0.1) is 6.92 Å². The van der Waals surface area contributed by atoms with Gasteiger partial charge in [0.2, 0.25) is 0 Å². The third kappa shape index (κ3) is 5.43. The maximum atomic E-state index is 12.1. The maximum Gasteiger partial charge on any atom is 0.333 e. The van der Waals surface area contributed by atoms with E-state index in [1.54, 1.807) is 24.3 Å². The summed E-state index contributed by atoms with van der Waals surface area (Å²) < 4.78 is 26.2. The second-order valence-electron chi connectivity index (χ2n) is 5.30. The number of anilines is 1. The first-order chi connectivity index (χ1) is 12.3. The molecule has 3 amide bonds. The number of carbonyl (C=O) groups is 2. The van der Waals surface area contributed by atoms with Crippen LogP contribution < -0.4 is 15.5 Å². The lowest BCUT2D eigenvalue weighted by Crippen LogP contribution is -2.34. The third-order valence-electron chi connectivity index (χ3n) is 3.26. The van der Waals surface area contributed by atoms with Crippen molar-refractivity contribution in [2.75, 3.05) is 5.32 Å². The molecule has 0 saturated carbocycles. The molecule has 0 spiro atoms. The summed E-state index contributed by atoms with van der Waals surface area (Å²) in [6, 6.07) is 11.5. The van der Waals surface area contributed by atoms with Crippen molar-refractivity contribution in [3.8, 4) is 0 Å². The molecule has 2 aromatic carbocycles. The Labute approximate surface area is 150 Å². The first-order valence-corrected chi connectivity index (χ1v) is 8.91. The van der Waals surface area contributed by atoms with Crippen LogP contribution in [0.25, 0.3) is 6.08 Å². The molecule has 9 heteroatoms. The summed E-state index contributed by atoms with van der Waals surface area (Å²) in [5.74, 6) is -0.673. The monoisotopic (exact) mass is 375 g/mol. The van der Waals surface area contributed by atoms with Crippen molar-refractivity contribution in [3.63, 3.8) is 0 Å². The molecule has 0 bridgehead atoms. The zero-order valence-electron chi connectivity index (χ0n) is 13.8. The molecule has 0 aromatic heterocycles. The molecular formula is C17H17N3O5S. The van der Waals surface area contributed by atoms with Crippen molar-refractivity contribution in [3.05, 3.63) is 65.7 Å². The highest BCUT2D eigenvalue weighted by molar-refractivity contribution is 7.90. The normalized spacial score (nSPS) is 11.2. The molecule has 0 radical (unpaired) electrons. The van der Waals surface area contributed by atoms with Crippen molar-refractivity contribution >= 4 is 33.7 Å². The van der Waals surface area contributed by atoms with E-state index in [1.165, 1.54) is 35.8 Å². The molecule has 4 N–H and O–H groups in total. The standard InChI is InChI=1S/C17H17N3O5S/c1-12-2-9-15(10-3-12)26(24,25)20-17(22)18-14-7-4-13(5-8-14)6-11-16(21)19-23/h2-11,23H,1H3,(H,19,21)(H2,18,20,22)/b11-6+. The number of sulfonamides is 1. The summed E-state index contributed by atoms with van der Waals surface area (Å²) in [5.41, 5.74) is 3.38. The highest BCUT2D eigenvalue weighted by Crippen LogP contribution is 2.12. The van der Waals surface area contributed by atoms with E-state index in [4.69, 9.17) is 5.21 Å². The molecule has 8 nitrogen and oxygen atoms in total. The van der Waals surface area contributed by atoms with Crippen LogP contribution in [0.3, 0.4) is 0 Å². The second kappa shape index (κ2) is 8.28. The lowest BCUT2D eigenvalue weighted by molar-refractivity contribution is -0.124.